The fraction of sp³-hybridized carbons (Fsp3) is 0.933. The molecule has 0 saturated heterocycles. The number of rotatable bonds is 1. The average Bonchev–Trinajstić information content (AvgIpc) is 2.45. The van der Waals surface area contributed by atoms with E-state index in [9.17, 15) is 9.90 Å². The van der Waals surface area contributed by atoms with Crippen LogP contribution >= 0.6 is 0 Å². The second-order valence-corrected chi connectivity index (χ2v) is 8.05. The molecule has 0 radical (unpaired) electrons. The first kappa shape index (κ1) is 13.9. The smallest absolute Gasteiger partial charge is 0.227 e. The zero-order chi connectivity index (χ0) is 14.0. The summed E-state index contributed by atoms with van der Waals surface area (Å²) in [5, 5.41) is 13.5. The molecular formula is C15H27NO2. The Balaban J connectivity index is 2.36. The number of aliphatic hydroxyl groups excluding tert-OH is 1. The number of aliphatic hydroxyl groups is 1. The fourth-order valence-corrected chi connectivity index (χ4v) is 4.09. The molecule has 18 heavy (non-hydrogen) atoms. The van der Waals surface area contributed by atoms with E-state index in [1.54, 1.807) is 0 Å². The van der Waals surface area contributed by atoms with Crippen LogP contribution in [0.1, 0.15) is 60.8 Å². The van der Waals surface area contributed by atoms with Crippen LogP contribution < -0.4 is 5.32 Å². The first-order valence-electron chi connectivity index (χ1n) is 6.97. The molecule has 0 aromatic heterocycles. The molecule has 3 nitrogen and oxygen atoms in total. The topological polar surface area (TPSA) is 49.3 Å². The van der Waals surface area contributed by atoms with Crippen molar-refractivity contribution in [3.05, 3.63) is 0 Å². The molecule has 0 aliphatic heterocycles. The third-order valence-electron chi connectivity index (χ3n) is 5.90. The predicted molar refractivity (Wildman–Crippen MR) is 72.1 cm³/mol. The second-order valence-electron chi connectivity index (χ2n) is 8.05. The van der Waals surface area contributed by atoms with Crippen molar-refractivity contribution in [2.24, 2.45) is 16.2 Å². The summed E-state index contributed by atoms with van der Waals surface area (Å²) in [6.45, 7) is 12.5. The van der Waals surface area contributed by atoms with Gasteiger partial charge in [0.1, 0.15) is 0 Å². The van der Waals surface area contributed by atoms with Crippen molar-refractivity contribution in [2.45, 2.75) is 72.4 Å². The Bertz CT molecular complexity index is 382. The molecule has 3 unspecified atom stereocenters. The normalized spacial score (nSPS) is 42.1. The molecule has 104 valence electrons. The summed E-state index contributed by atoms with van der Waals surface area (Å²) in [6, 6.07) is 0. The monoisotopic (exact) mass is 253 g/mol. The van der Waals surface area contributed by atoms with Crippen molar-refractivity contribution in [3.8, 4) is 0 Å². The lowest BCUT2D eigenvalue weighted by molar-refractivity contribution is -0.137. The number of hydrogen-bond donors (Lipinski definition) is 2. The minimum absolute atomic E-state index is 0.123. The van der Waals surface area contributed by atoms with Crippen molar-refractivity contribution in [3.63, 3.8) is 0 Å². The molecule has 0 heterocycles. The number of carbonyl (C=O) groups excluding carboxylic acids is 1. The van der Waals surface area contributed by atoms with E-state index in [0.29, 0.717) is 6.42 Å². The van der Waals surface area contributed by atoms with Crippen LogP contribution in [0.25, 0.3) is 0 Å². The molecule has 2 bridgehead atoms. The van der Waals surface area contributed by atoms with Crippen molar-refractivity contribution in [2.75, 3.05) is 0 Å². The Hall–Kier alpha value is -0.570. The Morgan fingerprint density at radius 1 is 1.22 bits per heavy atom. The molecule has 2 aliphatic carbocycles. The molecule has 2 fully saturated rings. The summed E-state index contributed by atoms with van der Waals surface area (Å²) >= 11 is 0. The maximum Gasteiger partial charge on any atom is 0.227 e. The first-order chi connectivity index (χ1) is 7.96. The van der Waals surface area contributed by atoms with Gasteiger partial charge in [-0.15, -0.1) is 0 Å². The van der Waals surface area contributed by atoms with E-state index in [4.69, 9.17) is 0 Å². The van der Waals surface area contributed by atoms with Crippen LogP contribution in [0.2, 0.25) is 0 Å². The standard InChI is InChI=1S/C15H27NO2/c1-12(2,3)16-11(18)15-8-7-14(6,10(17)9-15)13(15,4)5/h10,17H,7-9H2,1-6H3,(H,16,18). The van der Waals surface area contributed by atoms with E-state index in [1.807, 2.05) is 20.8 Å². The fourth-order valence-electron chi connectivity index (χ4n) is 4.09. The summed E-state index contributed by atoms with van der Waals surface area (Å²) in [4.78, 5) is 12.7. The largest absolute Gasteiger partial charge is 0.393 e. The van der Waals surface area contributed by atoms with Crippen molar-refractivity contribution in [1.29, 1.82) is 0 Å². The van der Waals surface area contributed by atoms with Gasteiger partial charge in [0.15, 0.2) is 0 Å². The third-order valence-corrected chi connectivity index (χ3v) is 5.90. The molecule has 3 atom stereocenters. The highest BCUT2D eigenvalue weighted by molar-refractivity contribution is 5.85. The van der Waals surface area contributed by atoms with Gasteiger partial charge in [0, 0.05) is 5.54 Å². The molecule has 0 spiro atoms. The highest BCUT2D eigenvalue weighted by atomic mass is 16.3. The van der Waals surface area contributed by atoms with Crippen LogP contribution in [0.3, 0.4) is 0 Å². The van der Waals surface area contributed by atoms with E-state index >= 15 is 0 Å². The van der Waals surface area contributed by atoms with Gasteiger partial charge in [0.25, 0.3) is 0 Å². The van der Waals surface area contributed by atoms with E-state index < -0.39 is 5.41 Å². The minimum atomic E-state index is -0.394. The van der Waals surface area contributed by atoms with Crippen LogP contribution in [0.5, 0.6) is 0 Å². The molecule has 3 heteroatoms. The molecular weight excluding hydrogens is 226 g/mol. The number of fused-ring (bicyclic) bond motifs is 2. The quantitative estimate of drug-likeness (QED) is 0.754. The van der Waals surface area contributed by atoms with Crippen LogP contribution in [0.4, 0.5) is 0 Å². The van der Waals surface area contributed by atoms with Crippen LogP contribution in [-0.4, -0.2) is 22.7 Å². The maximum atomic E-state index is 12.7. The van der Waals surface area contributed by atoms with Crippen LogP contribution in [0, 0.1) is 16.2 Å². The maximum absolute atomic E-state index is 12.7. The third kappa shape index (κ3) is 1.49. The molecule has 2 saturated carbocycles. The molecule has 0 aromatic carbocycles. The molecule has 2 rings (SSSR count). The molecule has 2 N–H and O–H groups in total. The molecule has 2 aliphatic rings. The lowest BCUT2D eigenvalue weighted by Gasteiger charge is -2.41. The lowest BCUT2D eigenvalue weighted by atomic mass is 9.64. The predicted octanol–water partition coefficient (Wildman–Crippen LogP) is 2.48. The summed E-state index contributed by atoms with van der Waals surface area (Å²) in [5.41, 5.74) is -0.875. The Morgan fingerprint density at radius 3 is 2.11 bits per heavy atom. The Morgan fingerprint density at radius 2 is 1.78 bits per heavy atom. The zero-order valence-corrected chi connectivity index (χ0v) is 12.6. The highest BCUT2D eigenvalue weighted by Gasteiger charge is 2.72. The van der Waals surface area contributed by atoms with Crippen molar-refractivity contribution >= 4 is 5.91 Å². The zero-order valence-electron chi connectivity index (χ0n) is 12.6. The van der Waals surface area contributed by atoms with E-state index in [0.717, 1.165) is 12.8 Å². The first-order valence-corrected chi connectivity index (χ1v) is 6.97. The SMILES string of the molecule is CC(C)(C)NC(=O)C12CCC(C)(C(O)C1)C2(C)C. The summed E-state index contributed by atoms with van der Waals surface area (Å²) in [7, 11) is 0. The van der Waals surface area contributed by atoms with Gasteiger partial charge in [-0.05, 0) is 50.9 Å². The van der Waals surface area contributed by atoms with Gasteiger partial charge in [-0.3, -0.25) is 4.79 Å². The van der Waals surface area contributed by atoms with Gasteiger partial charge >= 0.3 is 0 Å². The number of nitrogens with one attached hydrogen (secondary N) is 1. The van der Waals surface area contributed by atoms with Gasteiger partial charge in [0.2, 0.25) is 5.91 Å². The van der Waals surface area contributed by atoms with E-state index in [1.165, 1.54) is 0 Å². The average molecular weight is 253 g/mol. The van der Waals surface area contributed by atoms with Gasteiger partial charge in [-0.1, -0.05) is 20.8 Å². The van der Waals surface area contributed by atoms with Crippen LogP contribution in [0.15, 0.2) is 0 Å². The van der Waals surface area contributed by atoms with E-state index in [-0.39, 0.29) is 28.4 Å². The summed E-state index contributed by atoms with van der Waals surface area (Å²) < 4.78 is 0. The number of carbonyl (C=O) groups is 1. The lowest BCUT2D eigenvalue weighted by Crippen LogP contribution is -2.52. The minimum Gasteiger partial charge on any atom is -0.393 e. The van der Waals surface area contributed by atoms with Crippen LogP contribution in [-0.2, 0) is 4.79 Å². The highest BCUT2D eigenvalue weighted by Crippen LogP contribution is 2.72. The molecule has 1 amide bonds. The molecule has 0 aromatic rings. The van der Waals surface area contributed by atoms with Gasteiger partial charge in [-0.25, -0.2) is 0 Å². The van der Waals surface area contributed by atoms with Gasteiger partial charge < -0.3 is 10.4 Å². The number of amides is 1. The van der Waals surface area contributed by atoms with Crippen molar-refractivity contribution in [1.82, 2.24) is 5.32 Å². The number of hydrogen-bond acceptors (Lipinski definition) is 2. The Kier molecular flexibility index (Phi) is 2.69. The summed E-state index contributed by atoms with van der Waals surface area (Å²) in [5.74, 6) is 0.125. The Labute approximate surface area is 110 Å². The van der Waals surface area contributed by atoms with Gasteiger partial charge in [-0.2, -0.15) is 0 Å². The van der Waals surface area contributed by atoms with E-state index in [2.05, 4.69) is 26.1 Å². The second kappa shape index (κ2) is 3.50. The van der Waals surface area contributed by atoms with Gasteiger partial charge in [0.05, 0.1) is 11.5 Å². The van der Waals surface area contributed by atoms with Crippen molar-refractivity contribution < 1.29 is 9.90 Å². The summed E-state index contributed by atoms with van der Waals surface area (Å²) in [6.07, 6.45) is 2.10.